The molecule has 1 unspecified atom stereocenters. The average molecular weight is 285 g/mol. The zero-order chi connectivity index (χ0) is 14.7. The molecule has 0 saturated carbocycles. The fourth-order valence-electron chi connectivity index (χ4n) is 2.93. The summed E-state index contributed by atoms with van der Waals surface area (Å²) in [6, 6.07) is 10.6. The summed E-state index contributed by atoms with van der Waals surface area (Å²) in [7, 11) is 1.98. The zero-order valence-corrected chi connectivity index (χ0v) is 12.8. The molecule has 1 atom stereocenters. The topological polar surface area (TPSA) is 37.4 Å². The summed E-state index contributed by atoms with van der Waals surface area (Å²) in [4.78, 5) is 7.30. The second kappa shape index (κ2) is 6.41. The van der Waals surface area contributed by atoms with Gasteiger partial charge in [-0.05, 0) is 32.5 Å². The highest BCUT2D eigenvalue weighted by Gasteiger charge is 2.19. The summed E-state index contributed by atoms with van der Waals surface area (Å²) >= 11 is 0. The first-order chi connectivity index (χ1) is 10.3. The molecule has 0 aliphatic carbocycles. The Morgan fingerprint density at radius 2 is 2.24 bits per heavy atom. The number of ether oxygens (including phenoxy) is 1. The van der Waals surface area contributed by atoms with Crippen LogP contribution in [0.1, 0.15) is 18.9 Å². The minimum absolute atomic E-state index is 0.253. The van der Waals surface area contributed by atoms with E-state index in [4.69, 9.17) is 9.72 Å². The average Bonchev–Trinajstić information content (AvgIpc) is 2.71. The highest BCUT2D eigenvalue weighted by Crippen LogP contribution is 2.25. The van der Waals surface area contributed by atoms with Crippen molar-refractivity contribution in [3.8, 4) is 0 Å². The van der Waals surface area contributed by atoms with E-state index in [9.17, 15) is 0 Å². The van der Waals surface area contributed by atoms with Crippen LogP contribution in [0, 0.1) is 0 Å². The molecular weight excluding hydrogens is 262 g/mol. The van der Waals surface area contributed by atoms with Crippen molar-refractivity contribution in [2.45, 2.75) is 26.0 Å². The minimum atomic E-state index is 0.253. The number of fused-ring (bicyclic) bond motifs is 1. The molecule has 112 valence electrons. The monoisotopic (exact) mass is 285 g/mol. The number of pyridine rings is 1. The molecule has 0 radical (unpaired) electrons. The van der Waals surface area contributed by atoms with Gasteiger partial charge in [0.1, 0.15) is 5.82 Å². The van der Waals surface area contributed by atoms with E-state index in [0.29, 0.717) is 0 Å². The summed E-state index contributed by atoms with van der Waals surface area (Å²) in [5.74, 6) is 1.10. The van der Waals surface area contributed by atoms with Gasteiger partial charge in [0.25, 0.3) is 0 Å². The first kappa shape index (κ1) is 14.3. The quantitative estimate of drug-likeness (QED) is 0.940. The van der Waals surface area contributed by atoms with Crippen LogP contribution in [0.3, 0.4) is 0 Å². The van der Waals surface area contributed by atoms with Crippen molar-refractivity contribution >= 4 is 16.7 Å². The molecule has 1 fully saturated rings. The fourth-order valence-corrected chi connectivity index (χ4v) is 2.93. The maximum Gasteiger partial charge on any atom is 0.133 e. The van der Waals surface area contributed by atoms with E-state index < -0.39 is 0 Å². The van der Waals surface area contributed by atoms with E-state index in [1.807, 2.05) is 13.1 Å². The molecule has 1 aromatic carbocycles. The number of benzene rings is 1. The highest BCUT2D eigenvalue weighted by molar-refractivity contribution is 5.81. The lowest BCUT2D eigenvalue weighted by Crippen LogP contribution is -2.32. The Morgan fingerprint density at radius 1 is 1.38 bits per heavy atom. The lowest BCUT2D eigenvalue weighted by atomic mass is 10.1. The van der Waals surface area contributed by atoms with Crippen LogP contribution < -0.4 is 10.2 Å². The van der Waals surface area contributed by atoms with Crippen LogP contribution in [-0.2, 0) is 11.3 Å². The molecule has 1 N–H and O–H groups in total. The molecule has 4 heteroatoms. The number of nitrogens with one attached hydrogen (secondary N) is 1. The predicted molar refractivity (Wildman–Crippen MR) is 86.8 cm³/mol. The van der Waals surface area contributed by atoms with Crippen LogP contribution in [0.5, 0.6) is 0 Å². The Kier molecular flexibility index (Phi) is 4.36. The third-order valence-electron chi connectivity index (χ3n) is 3.90. The van der Waals surface area contributed by atoms with E-state index in [1.165, 1.54) is 10.9 Å². The van der Waals surface area contributed by atoms with E-state index in [1.54, 1.807) is 0 Å². The van der Waals surface area contributed by atoms with Gasteiger partial charge in [-0.15, -0.1) is 0 Å². The van der Waals surface area contributed by atoms with Gasteiger partial charge in [0, 0.05) is 37.2 Å². The van der Waals surface area contributed by atoms with Gasteiger partial charge in [-0.1, -0.05) is 18.2 Å². The number of rotatable bonds is 3. The van der Waals surface area contributed by atoms with Gasteiger partial charge in [-0.2, -0.15) is 0 Å². The Bertz CT molecular complexity index is 614. The minimum Gasteiger partial charge on any atom is -0.377 e. The van der Waals surface area contributed by atoms with Crippen LogP contribution in [0.25, 0.3) is 10.9 Å². The van der Waals surface area contributed by atoms with Crippen LogP contribution in [0.15, 0.2) is 30.3 Å². The predicted octanol–water partition coefficient (Wildman–Crippen LogP) is 2.57. The summed E-state index contributed by atoms with van der Waals surface area (Å²) in [6.07, 6.45) is 1.31. The fraction of sp³-hybridized carbons (Fsp3) is 0.471. The van der Waals surface area contributed by atoms with E-state index >= 15 is 0 Å². The van der Waals surface area contributed by atoms with Crippen molar-refractivity contribution < 1.29 is 4.74 Å². The molecular formula is C17H23N3O. The van der Waals surface area contributed by atoms with Gasteiger partial charge < -0.3 is 15.0 Å². The Hall–Kier alpha value is -1.65. The molecule has 1 saturated heterocycles. The summed E-state index contributed by atoms with van der Waals surface area (Å²) in [5.41, 5.74) is 2.32. The third kappa shape index (κ3) is 3.17. The maximum atomic E-state index is 5.76. The van der Waals surface area contributed by atoms with Crippen molar-refractivity contribution in [2.75, 3.05) is 31.6 Å². The second-order valence-corrected chi connectivity index (χ2v) is 5.68. The molecule has 0 spiro atoms. The number of aromatic nitrogens is 1. The number of hydrogen-bond acceptors (Lipinski definition) is 4. The van der Waals surface area contributed by atoms with E-state index in [2.05, 4.69) is 41.4 Å². The Balaban J connectivity index is 2.03. The van der Waals surface area contributed by atoms with Crippen LogP contribution in [0.2, 0.25) is 0 Å². The third-order valence-corrected chi connectivity index (χ3v) is 3.90. The lowest BCUT2D eigenvalue weighted by Gasteiger charge is -2.26. The van der Waals surface area contributed by atoms with E-state index in [0.717, 1.165) is 44.0 Å². The molecule has 4 nitrogen and oxygen atoms in total. The van der Waals surface area contributed by atoms with Crippen LogP contribution in [0.4, 0.5) is 5.82 Å². The van der Waals surface area contributed by atoms with Gasteiger partial charge in [0.05, 0.1) is 11.6 Å². The van der Waals surface area contributed by atoms with Gasteiger partial charge in [-0.25, -0.2) is 4.98 Å². The van der Waals surface area contributed by atoms with Crippen molar-refractivity contribution in [1.82, 2.24) is 10.3 Å². The van der Waals surface area contributed by atoms with Crippen molar-refractivity contribution in [1.29, 1.82) is 0 Å². The molecule has 1 aromatic heterocycles. The second-order valence-electron chi connectivity index (χ2n) is 5.68. The molecule has 0 bridgehead atoms. The summed E-state index contributed by atoms with van der Waals surface area (Å²) in [6.45, 7) is 5.72. The Labute approximate surface area is 126 Å². The summed E-state index contributed by atoms with van der Waals surface area (Å²) < 4.78 is 5.76. The smallest absolute Gasteiger partial charge is 0.133 e. The van der Waals surface area contributed by atoms with Gasteiger partial charge in [-0.3, -0.25) is 0 Å². The highest BCUT2D eigenvalue weighted by atomic mass is 16.5. The van der Waals surface area contributed by atoms with E-state index in [-0.39, 0.29) is 6.10 Å². The molecule has 21 heavy (non-hydrogen) atoms. The molecule has 1 aliphatic rings. The number of para-hydroxylation sites is 1. The number of hydrogen-bond donors (Lipinski definition) is 1. The molecule has 2 aromatic rings. The lowest BCUT2D eigenvalue weighted by molar-refractivity contribution is 0.0820. The summed E-state index contributed by atoms with van der Waals surface area (Å²) in [5, 5.41) is 4.46. The van der Waals surface area contributed by atoms with Gasteiger partial charge in [0.2, 0.25) is 0 Å². The molecule has 0 amide bonds. The maximum absolute atomic E-state index is 5.76. The first-order valence-electron chi connectivity index (χ1n) is 7.68. The molecule has 1 aliphatic heterocycles. The van der Waals surface area contributed by atoms with Crippen LogP contribution >= 0.6 is 0 Å². The number of nitrogens with zero attached hydrogens (tertiary/aromatic N) is 2. The largest absolute Gasteiger partial charge is 0.377 e. The van der Waals surface area contributed by atoms with Crippen LogP contribution in [-0.4, -0.2) is 37.8 Å². The van der Waals surface area contributed by atoms with Crippen molar-refractivity contribution in [2.24, 2.45) is 0 Å². The van der Waals surface area contributed by atoms with Gasteiger partial charge >= 0.3 is 0 Å². The normalized spacial score (nSPS) is 19.7. The zero-order valence-electron chi connectivity index (χ0n) is 12.8. The van der Waals surface area contributed by atoms with Crippen molar-refractivity contribution in [3.05, 3.63) is 35.9 Å². The molecule has 3 rings (SSSR count). The number of anilines is 1. The Morgan fingerprint density at radius 3 is 3.10 bits per heavy atom. The first-order valence-corrected chi connectivity index (χ1v) is 7.68. The molecule has 2 heterocycles. The SMILES string of the molecule is CNCc1cc2ccccc2nc1N1CCCOC(C)C1. The van der Waals surface area contributed by atoms with Gasteiger partial charge in [0.15, 0.2) is 0 Å². The standard InChI is InChI=1S/C17H23N3O/c1-13-12-20(8-5-9-21-13)17-15(11-18-2)10-14-6-3-4-7-16(14)19-17/h3-4,6-7,10,13,18H,5,8-9,11-12H2,1-2H3. The van der Waals surface area contributed by atoms with Crippen molar-refractivity contribution in [3.63, 3.8) is 0 Å².